The SMILES string of the molecule is CCCSSSS[Si](CC(C)C)(CC(C)C)CC(C)C. The minimum absolute atomic E-state index is 0.848. The van der Waals surface area contributed by atoms with Crippen molar-refractivity contribution < 1.29 is 0 Å². The second kappa shape index (κ2) is 12.1. The van der Waals surface area contributed by atoms with Gasteiger partial charge in [-0.3, -0.25) is 0 Å². The van der Waals surface area contributed by atoms with Gasteiger partial charge in [0.1, 0.15) is 7.22 Å². The van der Waals surface area contributed by atoms with E-state index in [1.165, 1.54) is 30.3 Å². The third kappa shape index (κ3) is 11.2. The van der Waals surface area contributed by atoms with Crippen LogP contribution in [-0.2, 0) is 0 Å². The standard InChI is InChI=1S/C15H34S4Si/c1-8-9-16-17-18-19-20(10-13(2)3,11-14(4)5)12-15(6)7/h13-15H,8-12H2,1-7H3. The van der Waals surface area contributed by atoms with Crippen molar-refractivity contribution in [3.05, 3.63) is 0 Å². The minimum atomic E-state index is -1.20. The smallest absolute Gasteiger partial charge is 0.109 e. The van der Waals surface area contributed by atoms with Crippen molar-refractivity contribution in [1.29, 1.82) is 0 Å². The van der Waals surface area contributed by atoms with Gasteiger partial charge in [-0.05, 0) is 62.0 Å². The molecule has 0 N–H and O–H groups in total. The summed E-state index contributed by atoms with van der Waals surface area (Å²) in [6.07, 6.45) is 1.29. The molecule has 0 unspecified atom stereocenters. The second-order valence-corrected chi connectivity index (χ2v) is 20.3. The maximum Gasteiger partial charge on any atom is 0.133 e. The Morgan fingerprint density at radius 2 is 1.20 bits per heavy atom. The summed E-state index contributed by atoms with van der Waals surface area (Å²) < 4.78 is 0. The summed E-state index contributed by atoms with van der Waals surface area (Å²) in [4.78, 5) is 0. The van der Waals surface area contributed by atoms with E-state index >= 15 is 0 Å². The molecule has 0 fully saturated rings. The molecule has 0 saturated heterocycles. The van der Waals surface area contributed by atoms with Crippen molar-refractivity contribution in [1.82, 2.24) is 0 Å². The Balaban J connectivity index is 4.60. The normalized spacial score (nSPS) is 12.9. The molecule has 0 spiro atoms. The first-order chi connectivity index (χ1) is 9.31. The fourth-order valence-electron chi connectivity index (χ4n) is 2.81. The van der Waals surface area contributed by atoms with Crippen LogP contribution in [0.4, 0.5) is 0 Å². The fraction of sp³-hybridized carbons (Fsp3) is 1.00. The number of hydrogen-bond donors (Lipinski definition) is 0. The van der Waals surface area contributed by atoms with Crippen molar-refractivity contribution in [2.24, 2.45) is 17.8 Å². The molecule has 0 saturated carbocycles. The molecule has 0 aliphatic carbocycles. The molecule has 0 aromatic rings. The average Bonchev–Trinajstić information content (AvgIpc) is 2.25. The van der Waals surface area contributed by atoms with Gasteiger partial charge in [-0.15, -0.1) is 10.2 Å². The summed E-state index contributed by atoms with van der Waals surface area (Å²) >= 11 is 0. The first-order valence-corrected chi connectivity index (χ1v) is 16.3. The Hall–Kier alpha value is 1.62. The van der Waals surface area contributed by atoms with E-state index in [-0.39, 0.29) is 0 Å². The van der Waals surface area contributed by atoms with Crippen molar-refractivity contribution in [2.45, 2.75) is 73.0 Å². The van der Waals surface area contributed by atoms with E-state index in [0.29, 0.717) is 0 Å². The average molecular weight is 371 g/mol. The Kier molecular flexibility index (Phi) is 13.1. The van der Waals surface area contributed by atoms with E-state index in [2.05, 4.69) is 68.5 Å². The van der Waals surface area contributed by atoms with Crippen LogP contribution in [0.25, 0.3) is 0 Å². The van der Waals surface area contributed by atoms with Gasteiger partial charge in [-0.2, -0.15) is 0 Å². The van der Waals surface area contributed by atoms with Crippen LogP contribution in [0, 0.1) is 17.8 Å². The van der Waals surface area contributed by atoms with Gasteiger partial charge >= 0.3 is 0 Å². The molecular formula is C15H34S4Si. The van der Waals surface area contributed by atoms with Gasteiger partial charge in [0, 0.05) is 5.75 Å². The molecule has 0 bridgehead atoms. The van der Waals surface area contributed by atoms with Crippen LogP contribution >= 0.6 is 40.7 Å². The monoisotopic (exact) mass is 370 g/mol. The zero-order chi connectivity index (χ0) is 15.6. The molecular weight excluding hydrogens is 337 g/mol. The molecule has 0 aromatic heterocycles. The van der Waals surface area contributed by atoms with E-state index in [4.69, 9.17) is 0 Å². The van der Waals surface area contributed by atoms with Gasteiger partial charge in [-0.1, -0.05) is 59.3 Å². The molecule has 0 heterocycles. The molecule has 0 nitrogen and oxygen atoms in total. The molecule has 0 aromatic carbocycles. The third-order valence-electron chi connectivity index (χ3n) is 2.91. The summed E-state index contributed by atoms with van der Waals surface area (Å²) in [5.74, 6) is 3.83. The number of hydrogen-bond acceptors (Lipinski definition) is 4. The zero-order valence-electron chi connectivity index (χ0n) is 14.4. The van der Waals surface area contributed by atoms with Gasteiger partial charge in [0.15, 0.2) is 0 Å². The van der Waals surface area contributed by atoms with Crippen molar-refractivity contribution >= 4 is 47.9 Å². The van der Waals surface area contributed by atoms with Gasteiger partial charge in [-0.25, -0.2) is 0 Å². The summed E-state index contributed by atoms with van der Waals surface area (Å²) in [6.45, 7) is 16.7. The van der Waals surface area contributed by atoms with Crippen LogP contribution in [0.2, 0.25) is 18.1 Å². The highest BCUT2D eigenvalue weighted by Crippen LogP contribution is 2.53. The molecule has 20 heavy (non-hydrogen) atoms. The fourth-order valence-corrected chi connectivity index (χ4v) is 25.7. The lowest BCUT2D eigenvalue weighted by Gasteiger charge is -2.34. The molecule has 0 rings (SSSR count). The lowest BCUT2D eigenvalue weighted by Crippen LogP contribution is -2.34. The van der Waals surface area contributed by atoms with Crippen molar-refractivity contribution in [3.8, 4) is 0 Å². The molecule has 5 heteroatoms. The first-order valence-electron chi connectivity index (χ1n) is 7.95. The van der Waals surface area contributed by atoms with Crippen molar-refractivity contribution in [3.63, 3.8) is 0 Å². The Bertz CT molecular complexity index is 205. The van der Waals surface area contributed by atoms with Crippen LogP contribution in [0.1, 0.15) is 54.9 Å². The number of rotatable bonds is 12. The van der Waals surface area contributed by atoms with Gasteiger partial charge in [0.25, 0.3) is 0 Å². The third-order valence-corrected chi connectivity index (χ3v) is 21.0. The minimum Gasteiger partial charge on any atom is -0.109 e. The second-order valence-electron chi connectivity index (χ2n) is 7.02. The van der Waals surface area contributed by atoms with E-state index in [1.54, 1.807) is 0 Å². The van der Waals surface area contributed by atoms with Crippen LogP contribution in [-0.4, -0.2) is 13.0 Å². The summed E-state index contributed by atoms with van der Waals surface area (Å²) in [7, 11) is 7.24. The maximum absolute atomic E-state index is 2.41. The topological polar surface area (TPSA) is 0 Å². The Morgan fingerprint density at radius 3 is 1.55 bits per heavy atom. The summed E-state index contributed by atoms with van der Waals surface area (Å²) in [6, 6.07) is 4.46. The van der Waals surface area contributed by atoms with Crippen LogP contribution in [0.15, 0.2) is 0 Å². The lowest BCUT2D eigenvalue weighted by molar-refractivity contribution is 0.655. The quantitative estimate of drug-likeness (QED) is 0.194. The lowest BCUT2D eigenvalue weighted by atomic mass is 10.3. The predicted molar refractivity (Wildman–Crippen MR) is 110 cm³/mol. The zero-order valence-corrected chi connectivity index (χ0v) is 18.7. The molecule has 0 aliphatic rings. The van der Waals surface area contributed by atoms with Crippen molar-refractivity contribution in [2.75, 3.05) is 5.75 Å². The molecule has 0 aliphatic heterocycles. The summed E-state index contributed by atoms with van der Waals surface area (Å²) in [5, 5.41) is 0. The predicted octanol–water partition coefficient (Wildman–Crippen LogP) is 7.99. The van der Waals surface area contributed by atoms with Crippen LogP contribution in [0.3, 0.4) is 0 Å². The Morgan fingerprint density at radius 1 is 0.750 bits per heavy atom. The first kappa shape index (κ1) is 21.6. The van der Waals surface area contributed by atoms with Gasteiger partial charge in [0.05, 0.1) is 0 Å². The van der Waals surface area contributed by atoms with Crippen LogP contribution in [0.5, 0.6) is 0 Å². The highest BCUT2D eigenvalue weighted by atomic mass is 33.7. The largest absolute Gasteiger partial charge is 0.133 e. The van der Waals surface area contributed by atoms with Gasteiger partial charge < -0.3 is 0 Å². The van der Waals surface area contributed by atoms with Gasteiger partial charge in [0.2, 0.25) is 0 Å². The molecule has 0 radical (unpaired) electrons. The van der Waals surface area contributed by atoms with E-state index in [1.807, 2.05) is 20.6 Å². The maximum atomic E-state index is 2.41. The molecule has 122 valence electrons. The van der Waals surface area contributed by atoms with E-state index < -0.39 is 7.22 Å². The Labute approximate surface area is 144 Å². The summed E-state index contributed by atoms with van der Waals surface area (Å²) in [5.41, 5.74) is 0. The van der Waals surface area contributed by atoms with E-state index in [0.717, 1.165) is 17.8 Å². The highest BCUT2D eigenvalue weighted by molar-refractivity contribution is 9.29. The van der Waals surface area contributed by atoms with E-state index in [9.17, 15) is 0 Å². The van der Waals surface area contributed by atoms with Crippen LogP contribution < -0.4 is 0 Å². The molecule has 0 amide bonds. The highest BCUT2D eigenvalue weighted by Gasteiger charge is 2.36. The molecule has 0 atom stereocenters.